The number of hydrogen-bond acceptors (Lipinski definition) is 7. The fourth-order valence-electron chi connectivity index (χ4n) is 3.36. The topological polar surface area (TPSA) is 87.8 Å². The van der Waals surface area contributed by atoms with Gasteiger partial charge in [0, 0.05) is 31.7 Å². The minimum absolute atomic E-state index is 0.0656. The van der Waals surface area contributed by atoms with Gasteiger partial charge in [-0.25, -0.2) is 4.98 Å². The number of esters is 1. The van der Waals surface area contributed by atoms with Gasteiger partial charge in [-0.15, -0.1) is 0 Å². The molecule has 2 heterocycles. The van der Waals surface area contributed by atoms with E-state index >= 15 is 0 Å². The van der Waals surface area contributed by atoms with Crippen molar-refractivity contribution in [1.82, 2.24) is 9.97 Å². The van der Waals surface area contributed by atoms with Crippen LogP contribution in [0, 0.1) is 6.92 Å². The van der Waals surface area contributed by atoms with E-state index in [0.29, 0.717) is 17.2 Å². The highest BCUT2D eigenvalue weighted by atomic mass is 16.5. The number of aromatic amines is 1. The normalized spacial score (nSPS) is 14.1. The maximum absolute atomic E-state index is 12.5. The zero-order valence-corrected chi connectivity index (χ0v) is 16.5. The summed E-state index contributed by atoms with van der Waals surface area (Å²) in [5, 5.41) is 0. The van der Waals surface area contributed by atoms with Crippen LogP contribution in [0.4, 0.5) is 11.6 Å². The summed E-state index contributed by atoms with van der Waals surface area (Å²) in [6.07, 6.45) is -0.0656. The monoisotopic (exact) mass is 386 g/mol. The number of para-hydroxylation sites is 2. The van der Waals surface area contributed by atoms with Crippen molar-refractivity contribution >= 4 is 17.6 Å². The van der Waals surface area contributed by atoms with Crippen molar-refractivity contribution in [1.29, 1.82) is 0 Å². The van der Waals surface area contributed by atoms with Gasteiger partial charge in [-0.1, -0.05) is 12.1 Å². The third-order valence-corrected chi connectivity index (χ3v) is 4.84. The molecule has 3 rings (SSSR count). The predicted molar refractivity (Wildman–Crippen MR) is 107 cm³/mol. The van der Waals surface area contributed by atoms with Crippen LogP contribution in [0.5, 0.6) is 5.75 Å². The molecule has 28 heavy (non-hydrogen) atoms. The van der Waals surface area contributed by atoms with Gasteiger partial charge < -0.3 is 19.3 Å². The molecule has 8 heteroatoms. The largest absolute Gasteiger partial charge is 0.495 e. The Morgan fingerprint density at radius 3 is 2.50 bits per heavy atom. The summed E-state index contributed by atoms with van der Waals surface area (Å²) in [4.78, 5) is 35.8. The van der Waals surface area contributed by atoms with Crippen LogP contribution < -0.4 is 20.1 Å². The Hall–Kier alpha value is -3.03. The van der Waals surface area contributed by atoms with Gasteiger partial charge in [-0.05, 0) is 26.0 Å². The highest BCUT2D eigenvalue weighted by Gasteiger charge is 2.22. The first-order valence-corrected chi connectivity index (χ1v) is 9.41. The van der Waals surface area contributed by atoms with E-state index in [2.05, 4.69) is 19.8 Å². The van der Waals surface area contributed by atoms with Crippen LogP contribution in [-0.4, -0.2) is 55.8 Å². The lowest BCUT2D eigenvalue weighted by molar-refractivity contribution is -0.142. The second kappa shape index (κ2) is 8.77. The average Bonchev–Trinajstić information content (AvgIpc) is 2.71. The number of benzene rings is 1. The minimum atomic E-state index is -0.420. The zero-order valence-electron chi connectivity index (χ0n) is 16.5. The molecule has 0 atom stereocenters. The summed E-state index contributed by atoms with van der Waals surface area (Å²) in [7, 11) is 1.67. The van der Waals surface area contributed by atoms with E-state index < -0.39 is 5.97 Å². The molecule has 1 fully saturated rings. The molecule has 0 radical (unpaired) electrons. The first-order chi connectivity index (χ1) is 13.5. The number of nitrogens with zero attached hydrogens (tertiary/aromatic N) is 3. The Labute approximate surface area is 164 Å². The van der Waals surface area contributed by atoms with E-state index in [1.54, 1.807) is 21.0 Å². The molecule has 1 saturated heterocycles. The summed E-state index contributed by atoms with van der Waals surface area (Å²) < 4.78 is 10.4. The number of carbonyl (C=O) groups is 1. The number of ether oxygens (including phenoxy) is 2. The molecule has 0 amide bonds. The number of piperazine rings is 1. The number of anilines is 2. The van der Waals surface area contributed by atoms with Crippen LogP contribution in [0.3, 0.4) is 0 Å². The van der Waals surface area contributed by atoms with E-state index in [-0.39, 0.29) is 18.6 Å². The third kappa shape index (κ3) is 4.27. The molecule has 2 aromatic rings. The number of H-pyrrole nitrogens is 1. The van der Waals surface area contributed by atoms with Crippen molar-refractivity contribution in [2.75, 3.05) is 49.7 Å². The van der Waals surface area contributed by atoms with Crippen LogP contribution in [0.2, 0.25) is 0 Å². The lowest BCUT2D eigenvalue weighted by Crippen LogP contribution is -2.47. The number of carbonyl (C=O) groups excluding carboxylic acids is 1. The number of aromatic nitrogens is 2. The van der Waals surface area contributed by atoms with Crippen LogP contribution in [-0.2, 0) is 16.0 Å². The number of hydrogen-bond donors (Lipinski definition) is 1. The summed E-state index contributed by atoms with van der Waals surface area (Å²) in [6, 6.07) is 7.94. The van der Waals surface area contributed by atoms with Crippen molar-refractivity contribution in [3.05, 3.63) is 45.9 Å². The summed E-state index contributed by atoms with van der Waals surface area (Å²) in [5.41, 5.74) is 1.68. The van der Waals surface area contributed by atoms with E-state index in [4.69, 9.17) is 9.47 Å². The Kier molecular flexibility index (Phi) is 6.18. The molecule has 150 valence electrons. The van der Waals surface area contributed by atoms with Crippen LogP contribution in [0.25, 0.3) is 0 Å². The predicted octanol–water partition coefficient (Wildman–Crippen LogP) is 1.52. The fraction of sp³-hybridized carbons (Fsp3) is 0.450. The first kappa shape index (κ1) is 19.7. The Balaban J connectivity index is 1.71. The number of methoxy groups -OCH3 is 1. The molecule has 8 nitrogen and oxygen atoms in total. The van der Waals surface area contributed by atoms with Gasteiger partial charge in [-0.2, -0.15) is 0 Å². The van der Waals surface area contributed by atoms with Gasteiger partial charge in [0.25, 0.3) is 5.56 Å². The molecule has 0 unspecified atom stereocenters. The fourth-order valence-corrected chi connectivity index (χ4v) is 3.36. The number of nitrogens with one attached hydrogen (secondary N) is 1. The molecule has 1 aliphatic heterocycles. The van der Waals surface area contributed by atoms with E-state index in [1.807, 2.05) is 24.3 Å². The molecule has 1 aromatic carbocycles. The Morgan fingerprint density at radius 1 is 1.18 bits per heavy atom. The molecule has 1 N–H and O–H groups in total. The van der Waals surface area contributed by atoms with E-state index in [9.17, 15) is 9.59 Å². The minimum Gasteiger partial charge on any atom is -0.495 e. The van der Waals surface area contributed by atoms with E-state index in [1.165, 1.54) is 0 Å². The van der Waals surface area contributed by atoms with Gasteiger partial charge in [0.2, 0.25) is 5.95 Å². The first-order valence-electron chi connectivity index (χ1n) is 9.41. The van der Waals surface area contributed by atoms with Gasteiger partial charge in [0.05, 0.1) is 31.5 Å². The Bertz CT molecular complexity index is 888. The van der Waals surface area contributed by atoms with Crippen LogP contribution in [0.15, 0.2) is 29.1 Å². The quantitative estimate of drug-likeness (QED) is 0.753. The van der Waals surface area contributed by atoms with Crippen LogP contribution in [0.1, 0.15) is 18.2 Å². The van der Waals surface area contributed by atoms with Gasteiger partial charge >= 0.3 is 5.97 Å². The van der Waals surface area contributed by atoms with Crippen molar-refractivity contribution < 1.29 is 14.3 Å². The van der Waals surface area contributed by atoms with Gasteiger partial charge in [0.1, 0.15) is 5.75 Å². The van der Waals surface area contributed by atoms with Crippen molar-refractivity contribution in [3.8, 4) is 5.75 Å². The Morgan fingerprint density at radius 2 is 1.86 bits per heavy atom. The van der Waals surface area contributed by atoms with Crippen molar-refractivity contribution in [2.45, 2.75) is 20.3 Å². The SMILES string of the molecule is CCOC(=O)Cc1c(C)nc(N2CCN(c3ccccc3OC)CC2)[nH]c1=O. The zero-order chi connectivity index (χ0) is 20.1. The molecule has 1 aliphatic rings. The van der Waals surface area contributed by atoms with Crippen molar-refractivity contribution in [2.24, 2.45) is 0 Å². The highest BCUT2D eigenvalue weighted by molar-refractivity contribution is 5.72. The molecular formula is C20H26N4O4. The molecule has 0 spiro atoms. The standard InChI is InChI=1S/C20H26N4O4/c1-4-28-18(25)13-15-14(2)21-20(22-19(15)26)24-11-9-23(10-12-24)16-7-5-6-8-17(16)27-3/h5-8H,4,9-13H2,1-3H3,(H,21,22,26). The molecule has 0 saturated carbocycles. The molecular weight excluding hydrogens is 360 g/mol. The maximum atomic E-state index is 12.5. The van der Waals surface area contributed by atoms with Crippen molar-refractivity contribution in [3.63, 3.8) is 0 Å². The lowest BCUT2D eigenvalue weighted by atomic mass is 10.2. The average molecular weight is 386 g/mol. The van der Waals surface area contributed by atoms with E-state index in [0.717, 1.165) is 37.6 Å². The number of aryl methyl sites for hydroxylation is 1. The molecule has 0 aliphatic carbocycles. The summed E-state index contributed by atoms with van der Waals surface area (Å²) in [5.74, 6) is 0.965. The second-order valence-corrected chi connectivity index (χ2v) is 6.58. The maximum Gasteiger partial charge on any atom is 0.310 e. The lowest BCUT2D eigenvalue weighted by Gasteiger charge is -2.36. The third-order valence-electron chi connectivity index (χ3n) is 4.84. The highest BCUT2D eigenvalue weighted by Crippen LogP contribution is 2.28. The number of rotatable bonds is 6. The summed E-state index contributed by atoms with van der Waals surface area (Å²) in [6.45, 7) is 6.79. The molecule has 1 aromatic heterocycles. The van der Waals surface area contributed by atoms with Gasteiger partial charge in [0.15, 0.2) is 0 Å². The van der Waals surface area contributed by atoms with Crippen LogP contribution >= 0.6 is 0 Å². The molecule has 0 bridgehead atoms. The van der Waals surface area contributed by atoms with Gasteiger partial charge in [-0.3, -0.25) is 14.6 Å². The summed E-state index contributed by atoms with van der Waals surface area (Å²) >= 11 is 0. The smallest absolute Gasteiger partial charge is 0.310 e. The second-order valence-electron chi connectivity index (χ2n) is 6.58.